The lowest BCUT2D eigenvalue weighted by molar-refractivity contribution is -0.164. The SMILES string of the molecule is C[C@H](CCC(=O)O)[C@H]1CCC2C3C(O)C[C@@H]4CCCC[C@]4(C)C3CC[C@@]21C. The van der Waals surface area contributed by atoms with Crippen LogP contribution in [0.15, 0.2) is 0 Å². The molecule has 4 aliphatic carbocycles. The van der Waals surface area contributed by atoms with Gasteiger partial charge in [-0.3, -0.25) is 4.79 Å². The fourth-order valence-electron chi connectivity index (χ4n) is 8.78. The minimum atomic E-state index is -0.663. The first kappa shape index (κ1) is 19.7. The van der Waals surface area contributed by atoms with E-state index in [0.29, 0.717) is 46.8 Å². The molecule has 9 atom stereocenters. The van der Waals surface area contributed by atoms with Crippen molar-refractivity contribution in [3.05, 3.63) is 0 Å². The summed E-state index contributed by atoms with van der Waals surface area (Å²) in [6, 6.07) is 0. The lowest BCUT2D eigenvalue weighted by atomic mass is 9.44. The van der Waals surface area contributed by atoms with Gasteiger partial charge in [0, 0.05) is 6.42 Å². The van der Waals surface area contributed by atoms with E-state index >= 15 is 0 Å². The van der Waals surface area contributed by atoms with Crippen molar-refractivity contribution in [2.75, 3.05) is 0 Å². The van der Waals surface area contributed by atoms with Crippen LogP contribution in [0.5, 0.6) is 0 Å². The van der Waals surface area contributed by atoms with E-state index < -0.39 is 5.97 Å². The molecule has 0 aliphatic heterocycles. The molecule has 0 saturated heterocycles. The zero-order valence-electron chi connectivity index (χ0n) is 17.6. The van der Waals surface area contributed by atoms with Crippen LogP contribution < -0.4 is 0 Å². The van der Waals surface area contributed by atoms with Crippen LogP contribution in [0.4, 0.5) is 0 Å². The van der Waals surface area contributed by atoms with Gasteiger partial charge >= 0.3 is 5.97 Å². The Morgan fingerprint density at radius 1 is 1.04 bits per heavy atom. The monoisotopic (exact) mass is 376 g/mol. The molecule has 0 amide bonds. The van der Waals surface area contributed by atoms with Crippen molar-refractivity contribution in [1.29, 1.82) is 0 Å². The zero-order valence-corrected chi connectivity index (χ0v) is 17.6. The van der Waals surface area contributed by atoms with Crippen LogP contribution in [0.1, 0.15) is 91.4 Å². The van der Waals surface area contributed by atoms with Crippen molar-refractivity contribution in [2.45, 2.75) is 97.5 Å². The van der Waals surface area contributed by atoms with E-state index in [4.69, 9.17) is 5.11 Å². The van der Waals surface area contributed by atoms with E-state index in [1.807, 2.05) is 0 Å². The Balaban J connectivity index is 1.56. The zero-order chi connectivity index (χ0) is 19.4. The molecule has 4 fully saturated rings. The molecule has 0 aromatic carbocycles. The first-order valence-corrected chi connectivity index (χ1v) is 11.7. The summed E-state index contributed by atoms with van der Waals surface area (Å²) in [7, 11) is 0. The molecule has 0 spiro atoms. The number of carboxylic acids is 1. The average Bonchev–Trinajstić information content (AvgIpc) is 2.97. The molecule has 4 aliphatic rings. The summed E-state index contributed by atoms with van der Waals surface area (Å²) < 4.78 is 0. The largest absolute Gasteiger partial charge is 0.481 e. The second-order valence-electron chi connectivity index (χ2n) is 11.2. The summed E-state index contributed by atoms with van der Waals surface area (Å²) in [5.74, 6) is 3.02. The van der Waals surface area contributed by atoms with E-state index in [1.165, 1.54) is 51.4 Å². The number of aliphatic carboxylic acids is 1. The van der Waals surface area contributed by atoms with Crippen molar-refractivity contribution in [2.24, 2.45) is 46.3 Å². The van der Waals surface area contributed by atoms with E-state index in [2.05, 4.69) is 20.8 Å². The minimum Gasteiger partial charge on any atom is -0.481 e. The molecule has 4 unspecified atom stereocenters. The summed E-state index contributed by atoms with van der Waals surface area (Å²) >= 11 is 0. The third-order valence-electron chi connectivity index (χ3n) is 10.2. The smallest absolute Gasteiger partial charge is 0.303 e. The van der Waals surface area contributed by atoms with Crippen LogP contribution >= 0.6 is 0 Å². The van der Waals surface area contributed by atoms with Gasteiger partial charge < -0.3 is 10.2 Å². The van der Waals surface area contributed by atoms with Crippen LogP contribution in [0.2, 0.25) is 0 Å². The minimum absolute atomic E-state index is 0.108. The molecule has 0 heterocycles. The van der Waals surface area contributed by atoms with Crippen molar-refractivity contribution < 1.29 is 15.0 Å². The first-order chi connectivity index (χ1) is 12.8. The topological polar surface area (TPSA) is 57.5 Å². The molecular weight excluding hydrogens is 336 g/mol. The Labute approximate surface area is 165 Å². The molecule has 0 bridgehead atoms. The average molecular weight is 377 g/mol. The number of aliphatic hydroxyl groups is 1. The predicted molar refractivity (Wildman–Crippen MR) is 107 cm³/mol. The summed E-state index contributed by atoms with van der Waals surface area (Å²) in [5.41, 5.74) is 0.758. The van der Waals surface area contributed by atoms with Crippen molar-refractivity contribution >= 4 is 5.97 Å². The van der Waals surface area contributed by atoms with E-state index in [1.54, 1.807) is 0 Å². The predicted octanol–water partition coefficient (Wildman–Crippen LogP) is 5.51. The third kappa shape index (κ3) is 3.07. The molecule has 2 N–H and O–H groups in total. The van der Waals surface area contributed by atoms with Crippen LogP contribution in [0.25, 0.3) is 0 Å². The number of hydrogen-bond acceptors (Lipinski definition) is 2. The normalized spacial score (nSPS) is 50.4. The Bertz CT molecular complexity index is 574. The second kappa shape index (κ2) is 7.04. The van der Waals surface area contributed by atoms with Crippen LogP contribution in [-0.4, -0.2) is 22.3 Å². The Hall–Kier alpha value is -0.570. The van der Waals surface area contributed by atoms with Gasteiger partial charge in [0.2, 0.25) is 0 Å². The molecule has 3 nitrogen and oxygen atoms in total. The molecular formula is C24H40O3. The van der Waals surface area contributed by atoms with Gasteiger partial charge in [-0.15, -0.1) is 0 Å². The Morgan fingerprint density at radius 2 is 1.78 bits per heavy atom. The highest BCUT2D eigenvalue weighted by Crippen LogP contribution is 2.68. The van der Waals surface area contributed by atoms with Crippen molar-refractivity contribution in [3.8, 4) is 0 Å². The van der Waals surface area contributed by atoms with Gasteiger partial charge in [0.25, 0.3) is 0 Å². The van der Waals surface area contributed by atoms with Gasteiger partial charge in [0.1, 0.15) is 0 Å². The number of hydrogen-bond donors (Lipinski definition) is 2. The molecule has 0 aromatic rings. The number of carboxylic acid groups (broad SMARTS) is 1. The van der Waals surface area contributed by atoms with Gasteiger partial charge in [-0.2, -0.15) is 0 Å². The van der Waals surface area contributed by atoms with Crippen LogP contribution in [-0.2, 0) is 4.79 Å². The van der Waals surface area contributed by atoms with E-state index in [9.17, 15) is 9.90 Å². The molecule has 0 radical (unpaired) electrons. The second-order valence-corrected chi connectivity index (χ2v) is 11.2. The highest BCUT2D eigenvalue weighted by atomic mass is 16.4. The number of carbonyl (C=O) groups is 1. The molecule has 3 heteroatoms. The van der Waals surface area contributed by atoms with E-state index in [0.717, 1.165) is 18.8 Å². The molecule has 4 rings (SSSR count). The Morgan fingerprint density at radius 3 is 2.52 bits per heavy atom. The summed E-state index contributed by atoms with van der Waals surface area (Å²) in [6.07, 6.45) is 12.5. The Kier molecular flexibility index (Phi) is 5.15. The maximum Gasteiger partial charge on any atom is 0.303 e. The fourth-order valence-corrected chi connectivity index (χ4v) is 8.78. The highest BCUT2D eigenvalue weighted by molar-refractivity contribution is 5.66. The standard InChI is InChI=1S/C24H40O3/c1-15(7-10-21(26)27)17-8-9-18-22-19(11-13-24(17,18)3)23(2)12-5-4-6-16(23)14-20(22)25/h15-20,22,25H,4-14H2,1-3H3,(H,26,27)/t15-,16+,17-,18?,19?,20?,22?,23+,24-/m1/s1. The van der Waals surface area contributed by atoms with Gasteiger partial charge in [-0.25, -0.2) is 0 Å². The maximum atomic E-state index is 11.2. The third-order valence-corrected chi connectivity index (χ3v) is 10.2. The summed E-state index contributed by atoms with van der Waals surface area (Å²) in [5, 5.41) is 20.3. The van der Waals surface area contributed by atoms with E-state index in [-0.39, 0.29) is 6.10 Å². The first-order valence-electron chi connectivity index (χ1n) is 11.7. The van der Waals surface area contributed by atoms with Gasteiger partial charge in [-0.05, 0) is 97.7 Å². The lowest BCUT2D eigenvalue weighted by Gasteiger charge is -2.62. The molecule has 4 saturated carbocycles. The van der Waals surface area contributed by atoms with Gasteiger partial charge in [0.05, 0.1) is 6.10 Å². The van der Waals surface area contributed by atoms with Gasteiger partial charge in [0.15, 0.2) is 0 Å². The summed E-state index contributed by atoms with van der Waals surface area (Å²) in [6.45, 7) is 7.33. The number of aliphatic hydroxyl groups excluding tert-OH is 1. The van der Waals surface area contributed by atoms with Crippen LogP contribution in [0, 0.1) is 46.3 Å². The molecule has 0 aromatic heterocycles. The highest BCUT2D eigenvalue weighted by Gasteiger charge is 2.62. The number of fused-ring (bicyclic) bond motifs is 5. The lowest BCUT2D eigenvalue weighted by Crippen LogP contribution is -2.57. The number of rotatable bonds is 4. The maximum absolute atomic E-state index is 11.2. The van der Waals surface area contributed by atoms with Crippen molar-refractivity contribution in [1.82, 2.24) is 0 Å². The quantitative estimate of drug-likeness (QED) is 0.680. The summed E-state index contributed by atoms with van der Waals surface area (Å²) in [4.78, 5) is 11.0. The van der Waals surface area contributed by atoms with Crippen LogP contribution in [0.3, 0.4) is 0 Å². The molecule has 154 valence electrons. The van der Waals surface area contributed by atoms with Gasteiger partial charge in [-0.1, -0.05) is 33.6 Å². The van der Waals surface area contributed by atoms with Crippen molar-refractivity contribution in [3.63, 3.8) is 0 Å². The molecule has 27 heavy (non-hydrogen) atoms. The fraction of sp³-hybridized carbons (Fsp3) is 0.958.